The third-order valence-corrected chi connectivity index (χ3v) is 4.56. The molecule has 0 aromatic heterocycles. The molecular formula is C16H27N3O5. The van der Waals surface area contributed by atoms with Crippen molar-refractivity contribution >= 4 is 18.1 Å². The minimum absolute atomic E-state index is 0.0313. The molecule has 1 atom stereocenters. The number of hydrogen-bond acceptors (Lipinski definition) is 5. The van der Waals surface area contributed by atoms with Crippen molar-refractivity contribution in [3.8, 4) is 0 Å². The molecule has 2 rings (SSSR count). The van der Waals surface area contributed by atoms with Crippen molar-refractivity contribution in [1.82, 2.24) is 14.7 Å². The zero-order chi connectivity index (χ0) is 17.9. The van der Waals surface area contributed by atoms with Crippen LogP contribution in [0, 0.1) is 5.92 Å². The average Bonchev–Trinajstić information content (AvgIpc) is 2.87. The number of amides is 3. The van der Waals surface area contributed by atoms with Crippen molar-refractivity contribution in [3.63, 3.8) is 0 Å². The number of likely N-dealkylation sites (tertiary alicyclic amines) is 1. The lowest BCUT2D eigenvalue weighted by Crippen LogP contribution is -2.48. The topological polar surface area (TPSA) is 79.4 Å². The summed E-state index contributed by atoms with van der Waals surface area (Å²) in [6.45, 7) is 5.84. The number of likely N-dealkylation sites (N-methyl/N-ethyl adjacent to an activating group) is 1. The number of esters is 1. The molecule has 2 fully saturated rings. The number of piperidine rings is 1. The van der Waals surface area contributed by atoms with Crippen LogP contribution >= 0.6 is 0 Å². The Morgan fingerprint density at radius 1 is 1.25 bits per heavy atom. The van der Waals surface area contributed by atoms with Gasteiger partial charge in [0.25, 0.3) is 0 Å². The summed E-state index contributed by atoms with van der Waals surface area (Å²) in [6.07, 6.45) is 1.08. The summed E-state index contributed by atoms with van der Waals surface area (Å²) in [5, 5.41) is 0. The summed E-state index contributed by atoms with van der Waals surface area (Å²) in [7, 11) is 2.94. The van der Waals surface area contributed by atoms with Gasteiger partial charge in [0.1, 0.15) is 6.04 Å². The van der Waals surface area contributed by atoms with Crippen molar-refractivity contribution < 1.29 is 23.9 Å². The number of methoxy groups -OCH3 is 1. The van der Waals surface area contributed by atoms with E-state index >= 15 is 0 Å². The number of rotatable bonds is 4. The molecule has 0 aromatic carbocycles. The first kappa shape index (κ1) is 18.4. The maximum atomic E-state index is 12.4. The molecule has 2 aliphatic rings. The van der Waals surface area contributed by atoms with Crippen LogP contribution in [0.15, 0.2) is 0 Å². The molecule has 0 aliphatic carbocycles. The maximum Gasteiger partial charge on any atom is 0.409 e. The lowest BCUT2D eigenvalue weighted by Gasteiger charge is -2.35. The fourth-order valence-electron chi connectivity index (χ4n) is 3.09. The number of ether oxygens (including phenoxy) is 2. The highest BCUT2D eigenvalue weighted by Crippen LogP contribution is 2.24. The molecule has 1 unspecified atom stereocenters. The molecule has 0 spiro atoms. The van der Waals surface area contributed by atoms with Crippen molar-refractivity contribution in [3.05, 3.63) is 0 Å². The van der Waals surface area contributed by atoms with E-state index in [1.54, 1.807) is 16.8 Å². The van der Waals surface area contributed by atoms with E-state index in [1.165, 1.54) is 12.0 Å². The molecule has 24 heavy (non-hydrogen) atoms. The molecule has 0 saturated carbocycles. The van der Waals surface area contributed by atoms with Gasteiger partial charge in [-0.3, -0.25) is 0 Å². The molecular weight excluding hydrogens is 314 g/mol. The quantitative estimate of drug-likeness (QED) is 0.717. The standard InChI is InChI=1S/C16H27N3O5/c1-11(2)10-24-16(22)18-7-5-12(6-8-18)19-9-13(14(20)23-4)17(3)15(19)21/h11-13H,5-10H2,1-4H3. The van der Waals surface area contributed by atoms with E-state index in [0.29, 0.717) is 45.0 Å². The van der Waals surface area contributed by atoms with E-state index in [0.717, 1.165) is 0 Å². The minimum Gasteiger partial charge on any atom is -0.467 e. The molecule has 0 bridgehead atoms. The van der Waals surface area contributed by atoms with Gasteiger partial charge in [0, 0.05) is 26.2 Å². The average molecular weight is 341 g/mol. The normalized spacial score (nSPS) is 22.3. The van der Waals surface area contributed by atoms with Gasteiger partial charge >= 0.3 is 18.1 Å². The highest BCUT2D eigenvalue weighted by atomic mass is 16.6. The zero-order valence-corrected chi connectivity index (χ0v) is 14.9. The Labute approximate surface area is 142 Å². The van der Waals surface area contributed by atoms with Gasteiger partial charge in [0.2, 0.25) is 0 Å². The largest absolute Gasteiger partial charge is 0.467 e. The van der Waals surface area contributed by atoms with Crippen molar-refractivity contribution in [2.24, 2.45) is 5.92 Å². The van der Waals surface area contributed by atoms with Crippen molar-refractivity contribution in [2.75, 3.05) is 40.4 Å². The van der Waals surface area contributed by atoms with Crippen LogP contribution in [0.25, 0.3) is 0 Å². The Hall–Kier alpha value is -1.99. The lowest BCUT2D eigenvalue weighted by atomic mass is 10.0. The molecule has 0 radical (unpaired) electrons. The Kier molecular flexibility index (Phi) is 5.90. The van der Waals surface area contributed by atoms with Crippen LogP contribution in [0.1, 0.15) is 26.7 Å². The Bertz CT molecular complexity index is 488. The van der Waals surface area contributed by atoms with E-state index in [4.69, 9.17) is 9.47 Å². The molecule has 3 amide bonds. The van der Waals surface area contributed by atoms with E-state index in [9.17, 15) is 14.4 Å². The molecule has 2 saturated heterocycles. The first-order chi connectivity index (χ1) is 11.3. The first-order valence-electron chi connectivity index (χ1n) is 8.38. The first-order valence-corrected chi connectivity index (χ1v) is 8.38. The van der Waals surface area contributed by atoms with Crippen LogP contribution in [-0.2, 0) is 14.3 Å². The van der Waals surface area contributed by atoms with Crippen LogP contribution < -0.4 is 0 Å². The highest BCUT2D eigenvalue weighted by molar-refractivity contribution is 5.87. The smallest absolute Gasteiger partial charge is 0.409 e. The molecule has 8 nitrogen and oxygen atoms in total. The van der Waals surface area contributed by atoms with Crippen LogP contribution in [-0.4, -0.2) is 85.3 Å². The van der Waals surface area contributed by atoms with Crippen LogP contribution in [0.4, 0.5) is 9.59 Å². The highest BCUT2D eigenvalue weighted by Gasteiger charge is 2.43. The van der Waals surface area contributed by atoms with Gasteiger partial charge < -0.3 is 24.2 Å². The summed E-state index contributed by atoms with van der Waals surface area (Å²) in [4.78, 5) is 40.9. The summed E-state index contributed by atoms with van der Waals surface area (Å²) in [5.41, 5.74) is 0. The molecule has 8 heteroatoms. The lowest BCUT2D eigenvalue weighted by molar-refractivity contribution is -0.144. The summed E-state index contributed by atoms with van der Waals surface area (Å²) in [5.74, 6) is -0.0949. The van der Waals surface area contributed by atoms with Crippen LogP contribution in [0.5, 0.6) is 0 Å². The third-order valence-electron chi connectivity index (χ3n) is 4.56. The Morgan fingerprint density at radius 2 is 1.88 bits per heavy atom. The molecule has 2 heterocycles. The van der Waals surface area contributed by atoms with E-state index in [-0.39, 0.29) is 18.2 Å². The Balaban J connectivity index is 1.87. The second-order valence-electron chi connectivity index (χ2n) is 6.77. The summed E-state index contributed by atoms with van der Waals surface area (Å²) in [6, 6.07) is -0.688. The predicted octanol–water partition coefficient (Wildman–Crippen LogP) is 1.15. The summed E-state index contributed by atoms with van der Waals surface area (Å²) < 4.78 is 10.00. The van der Waals surface area contributed by atoms with Gasteiger partial charge in [-0.2, -0.15) is 0 Å². The minimum atomic E-state index is -0.559. The fraction of sp³-hybridized carbons (Fsp3) is 0.812. The zero-order valence-electron chi connectivity index (χ0n) is 14.9. The SMILES string of the molecule is COC(=O)C1CN(C2CCN(C(=O)OCC(C)C)CC2)C(=O)N1C. The monoisotopic (exact) mass is 341 g/mol. The predicted molar refractivity (Wildman–Crippen MR) is 86.5 cm³/mol. The van der Waals surface area contributed by atoms with Crippen molar-refractivity contribution in [2.45, 2.75) is 38.8 Å². The van der Waals surface area contributed by atoms with Gasteiger partial charge in [-0.1, -0.05) is 13.8 Å². The van der Waals surface area contributed by atoms with E-state index < -0.39 is 12.0 Å². The fourth-order valence-corrected chi connectivity index (χ4v) is 3.09. The van der Waals surface area contributed by atoms with Gasteiger partial charge in [0.15, 0.2) is 0 Å². The molecule has 2 aliphatic heterocycles. The van der Waals surface area contributed by atoms with Gasteiger partial charge in [-0.05, 0) is 18.8 Å². The molecule has 136 valence electrons. The number of carbonyl (C=O) groups is 3. The van der Waals surface area contributed by atoms with E-state index in [1.807, 2.05) is 13.8 Å². The number of urea groups is 1. The molecule has 0 aromatic rings. The Morgan fingerprint density at radius 3 is 2.42 bits per heavy atom. The number of hydrogen-bond donors (Lipinski definition) is 0. The van der Waals surface area contributed by atoms with Gasteiger partial charge in [-0.25, -0.2) is 14.4 Å². The second kappa shape index (κ2) is 7.72. The van der Waals surface area contributed by atoms with E-state index in [2.05, 4.69) is 0 Å². The molecule has 0 N–H and O–H groups in total. The number of carbonyl (C=O) groups excluding carboxylic acids is 3. The van der Waals surface area contributed by atoms with Gasteiger partial charge in [-0.15, -0.1) is 0 Å². The van der Waals surface area contributed by atoms with Crippen LogP contribution in [0.3, 0.4) is 0 Å². The third kappa shape index (κ3) is 3.91. The number of nitrogens with zero attached hydrogens (tertiary/aromatic N) is 3. The maximum absolute atomic E-state index is 12.4. The second-order valence-corrected chi connectivity index (χ2v) is 6.77. The summed E-state index contributed by atoms with van der Waals surface area (Å²) >= 11 is 0. The van der Waals surface area contributed by atoms with Crippen LogP contribution in [0.2, 0.25) is 0 Å². The van der Waals surface area contributed by atoms with Gasteiger partial charge in [0.05, 0.1) is 20.3 Å². The van der Waals surface area contributed by atoms with Crippen molar-refractivity contribution in [1.29, 1.82) is 0 Å².